The Kier molecular flexibility index (Phi) is 6.81. The minimum atomic E-state index is -0.935. The van der Waals surface area contributed by atoms with Gasteiger partial charge in [0.15, 0.2) is 11.6 Å². The van der Waals surface area contributed by atoms with Crippen LogP contribution in [0.1, 0.15) is 18.4 Å². The number of para-hydroxylation sites is 2. The molecule has 2 aromatic rings. The molecule has 4 N–H and O–H groups in total. The molecule has 1 heterocycles. The Morgan fingerprint density at radius 2 is 1.82 bits per heavy atom. The average molecular weight is 388 g/mol. The Morgan fingerprint density at radius 3 is 2.54 bits per heavy atom. The highest BCUT2D eigenvalue weighted by Gasteiger charge is 2.20. The highest BCUT2D eigenvalue weighted by Crippen LogP contribution is 2.25. The number of hydrogen-bond acceptors (Lipinski definition) is 4. The van der Waals surface area contributed by atoms with E-state index in [1.807, 2.05) is 24.3 Å². The van der Waals surface area contributed by atoms with Crippen LogP contribution in [0.2, 0.25) is 0 Å². The molecule has 1 amide bonds. The van der Waals surface area contributed by atoms with E-state index >= 15 is 0 Å². The standard InChI is InChI=1S/C21H26F2N4O/c22-17-6-5-15(13-18(17)23)14-21(28)26-10-9-25-16-7-11-27(12-8-16)20-4-2-1-3-19(20)24/h1-6,13,16,25H,7-12,14,24H2,(H,26,28). The molecule has 0 atom stereocenters. The third kappa shape index (κ3) is 5.42. The van der Waals surface area contributed by atoms with Crippen LogP contribution in [0, 0.1) is 11.6 Å². The highest BCUT2D eigenvalue weighted by atomic mass is 19.2. The van der Waals surface area contributed by atoms with Gasteiger partial charge in [0.25, 0.3) is 0 Å². The average Bonchev–Trinajstić information content (AvgIpc) is 2.69. The number of nitrogens with one attached hydrogen (secondary N) is 2. The molecule has 7 heteroatoms. The summed E-state index contributed by atoms with van der Waals surface area (Å²) in [6.07, 6.45) is 2.06. The number of piperidine rings is 1. The van der Waals surface area contributed by atoms with Gasteiger partial charge in [-0.05, 0) is 42.7 Å². The first-order valence-electron chi connectivity index (χ1n) is 9.56. The van der Waals surface area contributed by atoms with Crippen LogP contribution in [0.3, 0.4) is 0 Å². The smallest absolute Gasteiger partial charge is 0.224 e. The Hall–Kier alpha value is -2.67. The molecule has 1 aliphatic rings. The predicted molar refractivity (Wildman–Crippen MR) is 107 cm³/mol. The third-order valence-corrected chi connectivity index (χ3v) is 5.00. The van der Waals surface area contributed by atoms with Crippen LogP contribution in [0.5, 0.6) is 0 Å². The molecule has 0 saturated carbocycles. The van der Waals surface area contributed by atoms with E-state index in [4.69, 9.17) is 5.73 Å². The van der Waals surface area contributed by atoms with Crippen LogP contribution in [-0.2, 0) is 11.2 Å². The summed E-state index contributed by atoms with van der Waals surface area (Å²) in [5.41, 5.74) is 8.39. The van der Waals surface area contributed by atoms with Gasteiger partial charge in [-0.15, -0.1) is 0 Å². The molecule has 1 fully saturated rings. The van der Waals surface area contributed by atoms with Gasteiger partial charge in [0.05, 0.1) is 17.8 Å². The SMILES string of the molecule is Nc1ccccc1N1CCC(NCCNC(=O)Cc2ccc(F)c(F)c2)CC1. The fourth-order valence-electron chi connectivity index (χ4n) is 3.48. The van der Waals surface area contributed by atoms with Crippen molar-refractivity contribution in [3.8, 4) is 0 Å². The number of nitrogen functional groups attached to an aromatic ring is 1. The first kappa shape index (κ1) is 20.1. The Labute approximate surface area is 163 Å². The van der Waals surface area contributed by atoms with Crippen LogP contribution in [0.15, 0.2) is 42.5 Å². The second kappa shape index (κ2) is 9.50. The number of benzene rings is 2. The van der Waals surface area contributed by atoms with Gasteiger partial charge in [-0.25, -0.2) is 8.78 Å². The maximum atomic E-state index is 13.2. The molecule has 150 valence electrons. The van der Waals surface area contributed by atoms with Gasteiger partial charge < -0.3 is 21.3 Å². The number of anilines is 2. The summed E-state index contributed by atoms with van der Waals surface area (Å²) in [7, 11) is 0. The van der Waals surface area contributed by atoms with Crippen molar-refractivity contribution < 1.29 is 13.6 Å². The third-order valence-electron chi connectivity index (χ3n) is 5.00. The second-order valence-corrected chi connectivity index (χ2v) is 7.05. The topological polar surface area (TPSA) is 70.4 Å². The molecule has 1 saturated heterocycles. The van der Waals surface area contributed by atoms with Crippen molar-refractivity contribution in [2.24, 2.45) is 0 Å². The van der Waals surface area contributed by atoms with Gasteiger partial charge in [0.2, 0.25) is 5.91 Å². The van der Waals surface area contributed by atoms with Crippen LogP contribution in [-0.4, -0.2) is 38.1 Å². The van der Waals surface area contributed by atoms with E-state index in [0.717, 1.165) is 49.4 Å². The van der Waals surface area contributed by atoms with Gasteiger partial charge in [-0.1, -0.05) is 18.2 Å². The molecule has 0 bridgehead atoms. The summed E-state index contributed by atoms with van der Waals surface area (Å²) in [4.78, 5) is 14.2. The normalized spacial score (nSPS) is 14.9. The molecule has 1 aliphatic heterocycles. The number of carbonyl (C=O) groups is 1. The van der Waals surface area contributed by atoms with E-state index in [1.165, 1.54) is 6.07 Å². The predicted octanol–water partition coefficient (Wildman–Crippen LogP) is 2.46. The number of halogens is 2. The molecule has 0 spiro atoms. The van der Waals surface area contributed by atoms with E-state index in [1.54, 1.807) is 0 Å². The number of rotatable bonds is 7. The summed E-state index contributed by atoms with van der Waals surface area (Å²) < 4.78 is 26.1. The van der Waals surface area contributed by atoms with Crippen molar-refractivity contribution in [3.05, 3.63) is 59.7 Å². The number of amides is 1. The number of nitrogens with two attached hydrogens (primary N) is 1. The summed E-state index contributed by atoms with van der Waals surface area (Å²) in [6.45, 7) is 3.04. The lowest BCUT2D eigenvalue weighted by atomic mass is 10.0. The zero-order valence-corrected chi connectivity index (χ0v) is 15.8. The molecular weight excluding hydrogens is 362 g/mol. The lowest BCUT2D eigenvalue weighted by Crippen LogP contribution is -2.45. The maximum Gasteiger partial charge on any atom is 0.224 e. The molecule has 0 radical (unpaired) electrons. The van der Waals surface area contributed by atoms with Crippen LogP contribution in [0.4, 0.5) is 20.2 Å². The largest absolute Gasteiger partial charge is 0.397 e. The van der Waals surface area contributed by atoms with Crippen molar-refractivity contribution in [1.82, 2.24) is 10.6 Å². The minimum Gasteiger partial charge on any atom is -0.397 e. The van der Waals surface area contributed by atoms with Crippen molar-refractivity contribution in [2.75, 3.05) is 36.8 Å². The Balaban J connectivity index is 1.33. The highest BCUT2D eigenvalue weighted by molar-refractivity contribution is 5.78. The van der Waals surface area contributed by atoms with Gasteiger partial charge in [0.1, 0.15) is 0 Å². The monoisotopic (exact) mass is 388 g/mol. The number of carbonyl (C=O) groups excluding carboxylic acids is 1. The fourth-order valence-corrected chi connectivity index (χ4v) is 3.48. The van der Waals surface area contributed by atoms with Crippen molar-refractivity contribution in [2.45, 2.75) is 25.3 Å². The van der Waals surface area contributed by atoms with Crippen molar-refractivity contribution in [3.63, 3.8) is 0 Å². The molecule has 3 rings (SSSR count). The van der Waals surface area contributed by atoms with E-state index < -0.39 is 11.6 Å². The molecule has 0 aromatic heterocycles. The summed E-state index contributed by atoms with van der Waals surface area (Å²) in [5, 5.41) is 6.26. The molecule has 2 aromatic carbocycles. The van der Waals surface area contributed by atoms with E-state index in [-0.39, 0.29) is 12.3 Å². The van der Waals surface area contributed by atoms with Gasteiger partial charge in [-0.2, -0.15) is 0 Å². The van der Waals surface area contributed by atoms with E-state index in [9.17, 15) is 13.6 Å². The number of hydrogen-bond donors (Lipinski definition) is 3. The summed E-state index contributed by atoms with van der Waals surface area (Å²) in [6, 6.07) is 11.8. The second-order valence-electron chi connectivity index (χ2n) is 7.05. The zero-order valence-electron chi connectivity index (χ0n) is 15.8. The van der Waals surface area contributed by atoms with Crippen LogP contribution in [0.25, 0.3) is 0 Å². The Morgan fingerprint density at radius 1 is 1.07 bits per heavy atom. The molecule has 28 heavy (non-hydrogen) atoms. The molecule has 5 nitrogen and oxygen atoms in total. The summed E-state index contributed by atoms with van der Waals surface area (Å²) >= 11 is 0. The van der Waals surface area contributed by atoms with E-state index in [0.29, 0.717) is 24.7 Å². The van der Waals surface area contributed by atoms with Crippen molar-refractivity contribution >= 4 is 17.3 Å². The lowest BCUT2D eigenvalue weighted by Gasteiger charge is -2.34. The zero-order chi connectivity index (χ0) is 19.9. The maximum absolute atomic E-state index is 13.2. The minimum absolute atomic E-state index is 0.0358. The molecule has 0 aliphatic carbocycles. The Bertz CT molecular complexity index is 807. The van der Waals surface area contributed by atoms with E-state index in [2.05, 4.69) is 15.5 Å². The van der Waals surface area contributed by atoms with Gasteiger partial charge in [0, 0.05) is 32.2 Å². The van der Waals surface area contributed by atoms with Crippen molar-refractivity contribution in [1.29, 1.82) is 0 Å². The summed E-state index contributed by atoms with van der Waals surface area (Å²) in [5.74, 6) is -2.05. The quantitative estimate of drug-likeness (QED) is 0.503. The first-order chi connectivity index (χ1) is 13.5. The fraction of sp³-hybridized carbons (Fsp3) is 0.381. The van der Waals surface area contributed by atoms with Gasteiger partial charge in [-0.3, -0.25) is 4.79 Å². The molecular formula is C21H26F2N4O. The van der Waals surface area contributed by atoms with Crippen LogP contribution >= 0.6 is 0 Å². The number of nitrogens with zero attached hydrogens (tertiary/aromatic N) is 1. The molecule has 0 unspecified atom stereocenters. The van der Waals surface area contributed by atoms with Gasteiger partial charge >= 0.3 is 0 Å². The van der Waals surface area contributed by atoms with Crippen LogP contribution < -0.4 is 21.3 Å². The lowest BCUT2D eigenvalue weighted by molar-refractivity contribution is -0.120. The first-order valence-corrected chi connectivity index (χ1v) is 9.56.